The highest BCUT2D eigenvalue weighted by atomic mass is 16.5. The Bertz CT molecular complexity index is 515. The van der Waals surface area contributed by atoms with Gasteiger partial charge in [0.05, 0.1) is 5.92 Å². The molecule has 1 fully saturated rings. The van der Waals surface area contributed by atoms with Gasteiger partial charge in [0.1, 0.15) is 0 Å². The summed E-state index contributed by atoms with van der Waals surface area (Å²) in [5.41, 5.74) is 4.86. The van der Waals surface area contributed by atoms with Gasteiger partial charge in [-0.25, -0.2) is 0 Å². The monoisotopic (exact) mass is 276 g/mol. The molecule has 1 aliphatic rings. The number of hydrogen-bond donors (Lipinski definition) is 2. The summed E-state index contributed by atoms with van der Waals surface area (Å²) in [6.07, 6.45) is 0.811. The number of esters is 1. The third-order valence-electron chi connectivity index (χ3n) is 3.11. The molecule has 1 aromatic carbocycles. The van der Waals surface area contributed by atoms with Gasteiger partial charge in [-0.2, -0.15) is 0 Å². The Morgan fingerprint density at radius 1 is 1.20 bits per heavy atom. The first-order chi connectivity index (χ1) is 9.58. The molecule has 0 aromatic heterocycles. The predicted molar refractivity (Wildman–Crippen MR) is 70.3 cm³/mol. The second-order valence-electron chi connectivity index (χ2n) is 4.80. The molecule has 0 saturated heterocycles. The topological polar surface area (TPSA) is 84.5 Å². The lowest BCUT2D eigenvalue weighted by Gasteiger charge is -2.07. The molecule has 20 heavy (non-hydrogen) atoms. The van der Waals surface area contributed by atoms with Crippen LogP contribution in [0.15, 0.2) is 30.3 Å². The molecule has 1 saturated carbocycles. The van der Waals surface area contributed by atoms with Crippen LogP contribution in [0.4, 0.5) is 0 Å². The van der Waals surface area contributed by atoms with Crippen molar-refractivity contribution in [1.29, 1.82) is 0 Å². The molecule has 0 aliphatic heterocycles. The van der Waals surface area contributed by atoms with Crippen LogP contribution in [0.25, 0.3) is 0 Å². The van der Waals surface area contributed by atoms with E-state index in [4.69, 9.17) is 4.74 Å². The lowest BCUT2D eigenvalue weighted by molar-refractivity contribution is -0.150. The van der Waals surface area contributed by atoms with Gasteiger partial charge in [-0.05, 0) is 24.5 Å². The molecule has 0 radical (unpaired) electrons. The van der Waals surface area contributed by atoms with E-state index in [9.17, 15) is 14.4 Å². The van der Waals surface area contributed by atoms with E-state index in [1.54, 1.807) is 30.3 Å². The highest BCUT2D eigenvalue weighted by Gasteiger charge is 2.40. The quantitative estimate of drug-likeness (QED) is 0.624. The van der Waals surface area contributed by atoms with E-state index in [-0.39, 0.29) is 11.9 Å². The molecule has 2 rings (SSSR count). The molecule has 0 bridgehead atoms. The van der Waals surface area contributed by atoms with E-state index in [2.05, 4.69) is 10.9 Å². The van der Waals surface area contributed by atoms with E-state index in [1.807, 2.05) is 6.92 Å². The Hall–Kier alpha value is -2.37. The maximum absolute atomic E-state index is 11.6. The van der Waals surface area contributed by atoms with Crippen molar-refractivity contribution >= 4 is 17.8 Å². The van der Waals surface area contributed by atoms with Gasteiger partial charge >= 0.3 is 5.97 Å². The van der Waals surface area contributed by atoms with Crippen LogP contribution in [0, 0.1) is 11.8 Å². The standard InChI is InChI=1S/C14H16N2O4/c1-9-7-11(9)14(19)20-8-12(17)15-16-13(18)10-5-3-2-4-6-10/h2-6,9,11H,7-8H2,1H3,(H,15,17)(H,16,18)/t9-,11-/m0/s1. The lowest BCUT2D eigenvalue weighted by Crippen LogP contribution is -2.43. The largest absolute Gasteiger partial charge is 0.455 e. The highest BCUT2D eigenvalue weighted by Crippen LogP contribution is 2.38. The molecule has 0 heterocycles. The molecule has 0 unspecified atom stereocenters. The van der Waals surface area contributed by atoms with Gasteiger partial charge < -0.3 is 4.74 Å². The van der Waals surface area contributed by atoms with Gasteiger partial charge in [0.15, 0.2) is 6.61 Å². The average molecular weight is 276 g/mol. The summed E-state index contributed by atoms with van der Waals surface area (Å²) in [6.45, 7) is 1.56. The van der Waals surface area contributed by atoms with Crippen LogP contribution in [0.2, 0.25) is 0 Å². The maximum Gasteiger partial charge on any atom is 0.309 e. The highest BCUT2D eigenvalue weighted by molar-refractivity contribution is 5.95. The Labute approximate surface area is 116 Å². The average Bonchev–Trinajstić information content (AvgIpc) is 3.20. The van der Waals surface area contributed by atoms with Crippen LogP contribution in [-0.4, -0.2) is 24.4 Å². The molecular weight excluding hydrogens is 260 g/mol. The molecule has 2 atom stereocenters. The number of amides is 2. The van der Waals surface area contributed by atoms with Gasteiger partial charge in [-0.1, -0.05) is 25.1 Å². The van der Waals surface area contributed by atoms with Crippen LogP contribution in [0.3, 0.4) is 0 Å². The summed E-state index contributed by atoms with van der Waals surface area (Å²) < 4.78 is 4.83. The van der Waals surface area contributed by atoms with Crippen molar-refractivity contribution < 1.29 is 19.1 Å². The zero-order valence-corrected chi connectivity index (χ0v) is 11.1. The Balaban J connectivity index is 1.67. The smallest absolute Gasteiger partial charge is 0.309 e. The van der Waals surface area contributed by atoms with E-state index in [0.29, 0.717) is 11.5 Å². The van der Waals surface area contributed by atoms with Gasteiger partial charge in [0.25, 0.3) is 11.8 Å². The number of hydrogen-bond acceptors (Lipinski definition) is 4. The molecular formula is C14H16N2O4. The Morgan fingerprint density at radius 3 is 2.45 bits per heavy atom. The van der Waals surface area contributed by atoms with E-state index < -0.39 is 18.4 Å². The predicted octanol–water partition coefficient (Wildman–Crippen LogP) is 0.647. The maximum atomic E-state index is 11.6. The third-order valence-corrected chi connectivity index (χ3v) is 3.11. The summed E-state index contributed by atoms with van der Waals surface area (Å²) in [5, 5.41) is 0. The summed E-state index contributed by atoms with van der Waals surface area (Å²) in [7, 11) is 0. The van der Waals surface area contributed by atoms with Crippen molar-refractivity contribution in [3.05, 3.63) is 35.9 Å². The van der Waals surface area contributed by atoms with Crippen LogP contribution in [-0.2, 0) is 14.3 Å². The Morgan fingerprint density at radius 2 is 1.85 bits per heavy atom. The molecule has 2 N–H and O–H groups in total. The summed E-state index contributed by atoms with van der Waals surface area (Å²) in [5.74, 6) is -1.11. The van der Waals surface area contributed by atoms with Gasteiger partial charge in [0.2, 0.25) is 0 Å². The minimum absolute atomic E-state index is 0.0818. The normalized spacial score (nSPS) is 19.9. The lowest BCUT2D eigenvalue weighted by atomic mass is 10.2. The van der Waals surface area contributed by atoms with Gasteiger partial charge in [0, 0.05) is 5.56 Å². The van der Waals surface area contributed by atoms with Crippen molar-refractivity contribution in [3.8, 4) is 0 Å². The summed E-state index contributed by atoms with van der Waals surface area (Å²) in [4.78, 5) is 34.4. The van der Waals surface area contributed by atoms with Crippen LogP contribution in [0.1, 0.15) is 23.7 Å². The Kier molecular flexibility index (Phi) is 4.34. The van der Waals surface area contributed by atoms with Crippen molar-refractivity contribution in [2.24, 2.45) is 11.8 Å². The van der Waals surface area contributed by atoms with Gasteiger partial charge in [-0.3, -0.25) is 25.2 Å². The number of nitrogens with one attached hydrogen (secondary N) is 2. The van der Waals surface area contributed by atoms with Crippen molar-refractivity contribution in [2.75, 3.05) is 6.61 Å². The fourth-order valence-corrected chi connectivity index (χ4v) is 1.72. The first-order valence-corrected chi connectivity index (χ1v) is 6.39. The van der Waals surface area contributed by atoms with Gasteiger partial charge in [-0.15, -0.1) is 0 Å². The summed E-state index contributed by atoms with van der Waals surface area (Å²) >= 11 is 0. The number of benzene rings is 1. The van der Waals surface area contributed by atoms with Crippen molar-refractivity contribution in [2.45, 2.75) is 13.3 Å². The van der Waals surface area contributed by atoms with Crippen molar-refractivity contribution in [1.82, 2.24) is 10.9 Å². The minimum Gasteiger partial charge on any atom is -0.455 e. The number of carbonyl (C=O) groups is 3. The number of hydrazine groups is 1. The van der Waals surface area contributed by atoms with E-state index in [1.165, 1.54) is 0 Å². The van der Waals surface area contributed by atoms with Crippen LogP contribution >= 0.6 is 0 Å². The van der Waals surface area contributed by atoms with Crippen LogP contribution in [0.5, 0.6) is 0 Å². The van der Waals surface area contributed by atoms with Crippen molar-refractivity contribution in [3.63, 3.8) is 0 Å². The second-order valence-corrected chi connectivity index (χ2v) is 4.80. The zero-order chi connectivity index (χ0) is 14.5. The fourth-order valence-electron chi connectivity index (χ4n) is 1.72. The molecule has 1 aromatic rings. The first kappa shape index (κ1) is 14.0. The second kappa shape index (κ2) is 6.18. The molecule has 6 heteroatoms. The molecule has 0 spiro atoms. The molecule has 2 amide bonds. The molecule has 1 aliphatic carbocycles. The fraction of sp³-hybridized carbons (Fsp3) is 0.357. The van der Waals surface area contributed by atoms with E-state index in [0.717, 1.165) is 6.42 Å². The number of carbonyl (C=O) groups excluding carboxylic acids is 3. The SMILES string of the molecule is C[C@H]1C[C@@H]1C(=O)OCC(=O)NNC(=O)c1ccccc1. The first-order valence-electron chi connectivity index (χ1n) is 6.39. The molecule has 6 nitrogen and oxygen atoms in total. The van der Waals surface area contributed by atoms with E-state index >= 15 is 0 Å². The number of ether oxygens (including phenoxy) is 1. The summed E-state index contributed by atoms with van der Waals surface area (Å²) in [6, 6.07) is 8.46. The third kappa shape index (κ3) is 3.81. The number of rotatable bonds is 4. The zero-order valence-electron chi connectivity index (χ0n) is 11.1. The minimum atomic E-state index is -0.573. The van der Waals surface area contributed by atoms with Crippen LogP contribution < -0.4 is 10.9 Å². The molecule has 106 valence electrons.